The van der Waals surface area contributed by atoms with E-state index in [2.05, 4.69) is 5.32 Å². The predicted octanol–water partition coefficient (Wildman–Crippen LogP) is 0.442. The van der Waals surface area contributed by atoms with Crippen LogP contribution in [0.4, 0.5) is 5.69 Å². The molecule has 19 heavy (non-hydrogen) atoms. The Kier molecular flexibility index (Phi) is 5.17. The van der Waals surface area contributed by atoms with Gasteiger partial charge in [-0.1, -0.05) is 0 Å². The summed E-state index contributed by atoms with van der Waals surface area (Å²) in [5.74, 6) is 0.133. The zero-order valence-corrected chi connectivity index (χ0v) is 11.8. The second-order valence-electron chi connectivity index (χ2n) is 4.20. The molecule has 0 radical (unpaired) electrons. The molecule has 0 aliphatic heterocycles. The van der Waals surface area contributed by atoms with Gasteiger partial charge in [0.2, 0.25) is 0 Å². The first-order valence-electron chi connectivity index (χ1n) is 5.73. The molecular formula is C12H18N2O4S. The zero-order valence-electron chi connectivity index (χ0n) is 11.0. The maximum absolute atomic E-state index is 11.9. The first-order valence-corrected chi connectivity index (χ1v) is 7.79. The van der Waals surface area contributed by atoms with Crippen LogP contribution in [0.1, 0.15) is 16.8 Å². The summed E-state index contributed by atoms with van der Waals surface area (Å²) < 4.78 is 27.0. The van der Waals surface area contributed by atoms with E-state index in [0.717, 1.165) is 6.26 Å². The molecule has 6 nitrogen and oxygen atoms in total. The highest BCUT2D eigenvalue weighted by molar-refractivity contribution is 7.90. The fraction of sp³-hybridized carbons (Fsp3) is 0.417. The summed E-state index contributed by atoms with van der Waals surface area (Å²) in [5.41, 5.74) is 6.41. The summed E-state index contributed by atoms with van der Waals surface area (Å²) in [6.07, 6.45) is 1.53. The number of anilines is 1. The van der Waals surface area contributed by atoms with Gasteiger partial charge in [-0.3, -0.25) is 4.79 Å². The molecule has 0 spiro atoms. The highest BCUT2D eigenvalue weighted by Gasteiger charge is 2.12. The quantitative estimate of drug-likeness (QED) is 0.584. The van der Waals surface area contributed by atoms with Crippen molar-refractivity contribution in [3.8, 4) is 5.75 Å². The summed E-state index contributed by atoms with van der Waals surface area (Å²) in [6.45, 7) is 0.282. The van der Waals surface area contributed by atoms with Crippen LogP contribution in [-0.4, -0.2) is 40.0 Å². The molecule has 0 atom stereocenters. The first-order chi connectivity index (χ1) is 8.83. The summed E-state index contributed by atoms with van der Waals surface area (Å²) in [4.78, 5) is 11.9. The molecule has 1 rings (SSSR count). The van der Waals surface area contributed by atoms with E-state index >= 15 is 0 Å². The van der Waals surface area contributed by atoms with Crippen LogP contribution in [0.3, 0.4) is 0 Å². The van der Waals surface area contributed by atoms with E-state index in [1.165, 1.54) is 13.2 Å². The summed E-state index contributed by atoms with van der Waals surface area (Å²) in [6, 6.07) is 4.77. The smallest absolute Gasteiger partial charge is 0.255 e. The Morgan fingerprint density at radius 2 is 2.11 bits per heavy atom. The number of benzene rings is 1. The molecule has 0 saturated heterocycles. The van der Waals surface area contributed by atoms with Gasteiger partial charge in [-0.2, -0.15) is 0 Å². The topological polar surface area (TPSA) is 98.5 Å². The van der Waals surface area contributed by atoms with Crippen molar-refractivity contribution >= 4 is 21.4 Å². The van der Waals surface area contributed by atoms with E-state index in [9.17, 15) is 13.2 Å². The first kappa shape index (κ1) is 15.3. The van der Waals surface area contributed by atoms with Crippen LogP contribution < -0.4 is 15.8 Å². The Bertz CT molecular complexity index is 555. The number of nitrogen functional groups attached to an aromatic ring is 1. The number of hydrogen-bond acceptors (Lipinski definition) is 5. The molecule has 1 aromatic rings. The fourth-order valence-electron chi connectivity index (χ4n) is 1.53. The van der Waals surface area contributed by atoms with Gasteiger partial charge >= 0.3 is 0 Å². The van der Waals surface area contributed by atoms with E-state index in [-0.39, 0.29) is 18.2 Å². The van der Waals surface area contributed by atoms with Gasteiger partial charge in [0.15, 0.2) is 0 Å². The number of carbonyl (C=O) groups is 1. The number of nitrogens with one attached hydrogen (secondary N) is 1. The van der Waals surface area contributed by atoms with Crippen LogP contribution in [0.5, 0.6) is 5.75 Å². The van der Waals surface area contributed by atoms with E-state index in [1.807, 2.05) is 0 Å². The third-order valence-electron chi connectivity index (χ3n) is 2.45. The lowest BCUT2D eigenvalue weighted by molar-refractivity contribution is 0.0950. The number of hydrogen-bond donors (Lipinski definition) is 2. The van der Waals surface area contributed by atoms with Crippen molar-refractivity contribution in [2.24, 2.45) is 0 Å². The molecule has 3 N–H and O–H groups in total. The lowest BCUT2D eigenvalue weighted by Crippen LogP contribution is -2.26. The molecule has 0 fully saturated rings. The van der Waals surface area contributed by atoms with Crippen LogP contribution >= 0.6 is 0 Å². The second-order valence-corrected chi connectivity index (χ2v) is 6.46. The van der Waals surface area contributed by atoms with Crippen LogP contribution in [0, 0.1) is 0 Å². The Labute approximate surface area is 112 Å². The van der Waals surface area contributed by atoms with Crippen molar-refractivity contribution in [1.82, 2.24) is 5.32 Å². The van der Waals surface area contributed by atoms with Gasteiger partial charge in [-0.25, -0.2) is 8.42 Å². The minimum absolute atomic E-state index is 0.0430. The highest BCUT2D eigenvalue weighted by Crippen LogP contribution is 2.20. The van der Waals surface area contributed by atoms with Crippen LogP contribution in [0.2, 0.25) is 0 Å². The number of carbonyl (C=O) groups excluding carboxylic acids is 1. The number of sulfone groups is 1. The van der Waals surface area contributed by atoms with Crippen LogP contribution in [0.15, 0.2) is 18.2 Å². The predicted molar refractivity (Wildman–Crippen MR) is 74.1 cm³/mol. The van der Waals surface area contributed by atoms with Crippen molar-refractivity contribution in [2.45, 2.75) is 6.42 Å². The van der Waals surface area contributed by atoms with Crippen molar-refractivity contribution in [3.05, 3.63) is 23.8 Å². The van der Waals surface area contributed by atoms with Gasteiger partial charge in [0.25, 0.3) is 5.91 Å². The third-order valence-corrected chi connectivity index (χ3v) is 3.48. The maximum atomic E-state index is 11.9. The monoisotopic (exact) mass is 286 g/mol. The zero-order chi connectivity index (χ0) is 14.5. The van der Waals surface area contributed by atoms with Gasteiger partial charge < -0.3 is 15.8 Å². The normalized spacial score (nSPS) is 11.1. The molecule has 106 valence electrons. The molecule has 1 amide bonds. The summed E-state index contributed by atoms with van der Waals surface area (Å²) in [7, 11) is -1.54. The van der Waals surface area contributed by atoms with Crippen molar-refractivity contribution in [2.75, 3.05) is 31.4 Å². The molecule has 0 unspecified atom stereocenters. The standard InChI is InChI=1S/C12H18N2O4S/c1-18-11-5-4-9(13)8-10(11)12(15)14-6-3-7-19(2,16)17/h4-5,8H,3,6-7,13H2,1-2H3,(H,14,15). The van der Waals surface area contributed by atoms with Crippen molar-refractivity contribution in [3.63, 3.8) is 0 Å². The van der Waals surface area contributed by atoms with E-state index < -0.39 is 9.84 Å². The molecule has 1 aromatic carbocycles. The van der Waals surface area contributed by atoms with Gasteiger partial charge in [0.05, 0.1) is 18.4 Å². The molecule has 7 heteroatoms. The largest absolute Gasteiger partial charge is 0.496 e. The van der Waals surface area contributed by atoms with Crippen LogP contribution in [0.25, 0.3) is 0 Å². The molecule has 0 aliphatic carbocycles. The fourth-order valence-corrected chi connectivity index (χ4v) is 2.20. The lowest BCUT2D eigenvalue weighted by atomic mass is 10.1. The highest BCUT2D eigenvalue weighted by atomic mass is 32.2. The Morgan fingerprint density at radius 1 is 1.42 bits per heavy atom. The van der Waals surface area contributed by atoms with Gasteiger partial charge in [-0.05, 0) is 24.6 Å². The SMILES string of the molecule is COc1ccc(N)cc1C(=O)NCCCS(C)(=O)=O. The van der Waals surface area contributed by atoms with Crippen LogP contribution in [-0.2, 0) is 9.84 Å². The molecule has 0 heterocycles. The molecule has 0 bridgehead atoms. The van der Waals surface area contributed by atoms with Crippen molar-refractivity contribution < 1.29 is 17.9 Å². The van der Waals surface area contributed by atoms with Crippen molar-refractivity contribution in [1.29, 1.82) is 0 Å². The minimum atomic E-state index is -3.00. The molecule has 0 aromatic heterocycles. The second kappa shape index (κ2) is 6.42. The number of ether oxygens (including phenoxy) is 1. The van der Waals surface area contributed by atoms with E-state index in [4.69, 9.17) is 10.5 Å². The number of methoxy groups -OCH3 is 1. The van der Waals surface area contributed by atoms with E-state index in [0.29, 0.717) is 23.4 Å². The Hall–Kier alpha value is -1.76. The molecule has 0 saturated carbocycles. The lowest BCUT2D eigenvalue weighted by Gasteiger charge is -2.09. The van der Waals surface area contributed by atoms with Gasteiger partial charge in [-0.15, -0.1) is 0 Å². The average Bonchev–Trinajstić information content (AvgIpc) is 2.33. The third kappa shape index (κ3) is 5.17. The molecule has 0 aliphatic rings. The minimum Gasteiger partial charge on any atom is -0.496 e. The molecular weight excluding hydrogens is 268 g/mol. The average molecular weight is 286 g/mol. The number of nitrogens with two attached hydrogens (primary N) is 1. The number of amides is 1. The summed E-state index contributed by atoms with van der Waals surface area (Å²) >= 11 is 0. The Morgan fingerprint density at radius 3 is 2.68 bits per heavy atom. The summed E-state index contributed by atoms with van der Waals surface area (Å²) in [5, 5.41) is 2.63. The Balaban J connectivity index is 2.61. The van der Waals surface area contributed by atoms with E-state index in [1.54, 1.807) is 12.1 Å². The number of rotatable bonds is 6. The van der Waals surface area contributed by atoms with Gasteiger partial charge in [0, 0.05) is 18.5 Å². The maximum Gasteiger partial charge on any atom is 0.255 e. The van der Waals surface area contributed by atoms with Gasteiger partial charge in [0.1, 0.15) is 15.6 Å².